The number of rotatable bonds is 39. The summed E-state index contributed by atoms with van der Waals surface area (Å²) < 4.78 is 32.6. The van der Waals surface area contributed by atoms with Gasteiger partial charge in [0.15, 0.2) is 6.10 Å². The van der Waals surface area contributed by atoms with Crippen LogP contribution in [0.5, 0.6) is 0 Å². The first-order valence-corrected chi connectivity index (χ1v) is 22.8. The monoisotopic (exact) mass is 813 g/mol. The van der Waals surface area contributed by atoms with Crippen LogP contribution < -0.4 is 0 Å². The first-order valence-electron chi connectivity index (χ1n) is 21.4. The Hall–Kier alpha value is -2.37. The Morgan fingerprint density at radius 3 is 1.79 bits per heavy atom. The number of esters is 2. The second-order valence-corrected chi connectivity index (χ2v) is 15.6. The normalized spacial score (nSPS) is 15.0. The van der Waals surface area contributed by atoms with Gasteiger partial charge in [0, 0.05) is 12.8 Å². The Labute approximate surface area is 338 Å². The maximum absolute atomic E-state index is 12.6. The summed E-state index contributed by atoms with van der Waals surface area (Å²) in [6.45, 7) is 2.08. The third-order valence-corrected chi connectivity index (χ3v) is 9.69. The van der Waals surface area contributed by atoms with Crippen molar-refractivity contribution in [2.45, 2.75) is 180 Å². The molecule has 0 bridgehead atoms. The van der Waals surface area contributed by atoms with Gasteiger partial charge in [0.2, 0.25) is 0 Å². The lowest BCUT2D eigenvalue weighted by Gasteiger charge is -2.20. The molecule has 0 heterocycles. The molecule has 0 aromatic rings. The van der Waals surface area contributed by atoms with Gasteiger partial charge >= 0.3 is 19.8 Å². The Balaban J connectivity index is 4.39. The zero-order chi connectivity index (χ0) is 41.4. The number of aliphatic hydroxyl groups is 3. The fourth-order valence-electron chi connectivity index (χ4n) is 5.41. The summed E-state index contributed by atoms with van der Waals surface area (Å²) in [4.78, 5) is 35.0. The van der Waals surface area contributed by atoms with Gasteiger partial charge in [-0.15, -0.1) is 0 Å². The highest BCUT2D eigenvalue weighted by Gasteiger charge is 2.27. The smallest absolute Gasteiger partial charge is 0.462 e. The predicted molar refractivity (Wildman–Crippen MR) is 225 cm³/mol. The van der Waals surface area contributed by atoms with Crippen molar-refractivity contribution in [3.8, 4) is 0 Å². The first-order chi connectivity index (χ1) is 27.1. The van der Waals surface area contributed by atoms with Crippen molar-refractivity contribution in [1.29, 1.82) is 0 Å². The van der Waals surface area contributed by atoms with Gasteiger partial charge in [-0.05, 0) is 70.6 Å². The molecule has 0 radical (unpaired) electrons. The quantitative estimate of drug-likeness (QED) is 0.0153. The SMILES string of the molecule is CC/C=C/CC(O)/C=C/C=C/CCCCCCCC(=O)OC[C@H](COP(=O)(O)OC[C@@H](O)CO)OC(=O)CCCCCCCCC/C=C\C/C=C\CCCCC. The third-order valence-electron chi connectivity index (χ3n) is 8.74. The molecule has 0 rings (SSSR count). The number of phosphoric acid groups is 1. The van der Waals surface area contributed by atoms with E-state index in [-0.39, 0.29) is 19.4 Å². The average Bonchev–Trinajstić information content (AvgIpc) is 3.18. The first kappa shape index (κ1) is 53.6. The van der Waals surface area contributed by atoms with Crippen LogP contribution in [0.3, 0.4) is 0 Å². The maximum atomic E-state index is 12.6. The minimum absolute atomic E-state index is 0.158. The number of unbranched alkanes of at least 4 members (excludes halogenated alkanes) is 15. The largest absolute Gasteiger partial charge is 0.472 e. The van der Waals surface area contributed by atoms with Crippen LogP contribution in [0.25, 0.3) is 0 Å². The van der Waals surface area contributed by atoms with Crippen molar-refractivity contribution in [2.75, 3.05) is 26.4 Å². The lowest BCUT2D eigenvalue weighted by Crippen LogP contribution is -2.29. The molecule has 4 atom stereocenters. The number of allylic oxidation sites excluding steroid dienone is 8. The van der Waals surface area contributed by atoms with E-state index in [9.17, 15) is 29.3 Å². The lowest BCUT2D eigenvalue weighted by molar-refractivity contribution is -0.161. The second kappa shape index (κ2) is 39.5. The summed E-state index contributed by atoms with van der Waals surface area (Å²) >= 11 is 0. The van der Waals surface area contributed by atoms with Gasteiger partial charge in [-0.1, -0.05) is 139 Å². The number of aliphatic hydroxyl groups excluding tert-OH is 3. The van der Waals surface area contributed by atoms with Crippen molar-refractivity contribution in [2.24, 2.45) is 0 Å². The van der Waals surface area contributed by atoms with Crippen molar-refractivity contribution >= 4 is 19.8 Å². The van der Waals surface area contributed by atoms with Crippen LogP contribution in [-0.2, 0) is 32.7 Å². The molecule has 0 saturated carbocycles. The Kier molecular flexibility index (Phi) is 37.8. The molecule has 56 heavy (non-hydrogen) atoms. The molecule has 0 aromatic heterocycles. The molecule has 0 aromatic carbocycles. The fourth-order valence-corrected chi connectivity index (χ4v) is 6.20. The third kappa shape index (κ3) is 38.5. The van der Waals surface area contributed by atoms with E-state index in [0.29, 0.717) is 19.3 Å². The summed E-state index contributed by atoms with van der Waals surface area (Å²) in [6.07, 6.45) is 39.4. The highest BCUT2D eigenvalue weighted by molar-refractivity contribution is 7.47. The van der Waals surface area contributed by atoms with E-state index in [0.717, 1.165) is 77.0 Å². The number of hydrogen-bond donors (Lipinski definition) is 4. The Morgan fingerprint density at radius 1 is 0.625 bits per heavy atom. The van der Waals surface area contributed by atoms with Crippen molar-refractivity contribution in [3.63, 3.8) is 0 Å². The van der Waals surface area contributed by atoms with E-state index in [1.54, 1.807) is 6.08 Å². The second-order valence-electron chi connectivity index (χ2n) is 14.2. The van der Waals surface area contributed by atoms with Crippen LogP contribution in [0.2, 0.25) is 0 Å². The number of carbonyl (C=O) groups excluding carboxylic acids is 2. The van der Waals surface area contributed by atoms with E-state index in [4.69, 9.17) is 19.1 Å². The van der Waals surface area contributed by atoms with Gasteiger partial charge in [0.1, 0.15) is 12.7 Å². The van der Waals surface area contributed by atoms with E-state index in [1.807, 2.05) is 24.3 Å². The van der Waals surface area contributed by atoms with Crippen LogP contribution in [-0.4, -0.2) is 76.9 Å². The molecular formula is C44H77O11P. The number of carbonyl (C=O) groups is 2. The van der Waals surface area contributed by atoms with Gasteiger partial charge in [0.05, 0.1) is 25.9 Å². The molecule has 0 saturated heterocycles. The molecule has 11 nitrogen and oxygen atoms in total. The van der Waals surface area contributed by atoms with E-state index >= 15 is 0 Å². The molecular weight excluding hydrogens is 735 g/mol. The zero-order valence-corrected chi connectivity index (χ0v) is 35.6. The van der Waals surface area contributed by atoms with Gasteiger partial charge in [-0.3, -0.25) is 18.6 Å². The molecule has 0 fully saturated rings. The highest BCUT2D eigenvalue weighted by atomic mass is 31.2. The van der Waals surface area contributed by atoms with Crippen molar-refractivity contribution in [3.05, 3.63) is 60.8 Å². The Morgan fingerprint density at radius 2 is 1.18 bits per heavy atom. The van der Waals surface area contributed by atoms with Gasteiger partial charge in [-0.25, -0.2) is 4.57 Å². The molecule has 0 aliphatic heterocycles. The molecule has 12 heteroatoms. The summed E-state index contributed by atoms with van der Waals surface area (Å²) in [5.74, 6) is -0.992. The number of ether oxygens (including phenoxy) is 2. The van der Waals surface area contributed by atoms with Gasteiger partial charge in [-0.2, -0.15) is 0 Å². The molecule has 0 aliphatic carbocycles. The summed E-state index contributed by atoms with van der Waals surface area (Å²) in [6, 6.07) is 0. The highest BCUT2D eigenvalue weighted by Crippen LogP contribution is 2.43. The number of phosphoric ester groups is 1. The summed E-state index contributed by atoms with van der Waals surface area (Å²) in [5.41, 5.74) is 0. The average molecular weight is 813 g/mol. The van der Waals surface area contributed by atoms with E-state index < -0.39 is 57.9 Å². The molecule has 0 spiro atoms. The van der Waals surface area contributed by atoms with Crippen molar-refractivity contribution in [1.82, 2.24) is 0 Å². The number of hydrogen-bond acceptors (Lipinski definition) is 10. The predicted octanol–water partition coefficient (Wildman–Crippen LogP) is 10.1. The van der Waals surface area contributed by atoms with Crippen LogP contribution in [0, 0.1) is 0 Å². The van der Waals surface area contributed by atoms with Crippen LogP contribution in [0.4, 0.5) is 0 Å². The molecule has 324 valence electrons. The fraction of sp³-hybridized carbons (Fsp3) is 0.727. The van der Waals surface area contributed by atoms with E-state index in [2.05, 4.69) is 48.8 Å². The van der Waals surface area contributed by atoms with Crippen molar-refractivity contribution < 1.29 is 52.9 Å². The van der Waals surface area contributed by atoms with E-state index in [1.165, 1.54) is 38.5 Å². The zero-order valence-electron chi connectivity index (χ0n) is 34.7. The molecule has 0 amide bonds. The van der Waals surface area contributed by atoms with Gasteiger partial charge in [0.25, 0.3) is 0 Å². The molecule has 2 unspecified atom stereocenters. The minimum Gasteiger partial charge on any atom is -0.462 e. The van der Waals surface area contributed by atoms with Crippen LogP contribution in [0.15, 0.2) is 60.8 Å². The minimum atomic E-state index is -4.64. The standard InChI is InChI=1S/C44H77O11P/c1-3-5-7-8-9-10-11-12-13-14-15-16-17-20-24-27-31-35-44(49)55-42(39-54-56(50,51)53-37-41(47)36-45)38-52-43(48)34-30-26-23-21-18-19-22-25-29-33-40(46)32-28-6-4-2/h6,9-10,12-13,22,25,28-29,33,40-42,45-47H,3-5,7-8,11,14-21,23-24,26-27,30-32,34-39H2,1-2H3,(H,50,51)/b10-9-,13-12-,25-22+,28-6+,33-29+/t40?,41-,42+/m0/s1. The lowest BCUT2D eigenvalue weighted by atomic mass is 10.1. The molecule has 0 aliphatic rings. The summed E-state index contributed by atoms with van der Waals surface area (Å²) in [5, 5.41) is 28.2. The Bertz CT molecular complexity index is 1130. The summed E-state index contributed by atoms with van der Waals surface area (Å²) in [7, 11) is -4.64. The molecule has 4 N–H and O–H groups in total. The van der Waals surface area contributed by atoms with Gasteiger partial charge < -0.3 is 29.7 Å². The van der Waals surface area contributed by atoms with Crippen LogP contribution >= 0.6 is 7.82 Å². The van der Waals surface area contributed by atoms with Crippen LogP contribution in [0.1, 0.15) is 162 Å². The topological polar surface area (TPSA) is 169 Å². The maximum Gasteiger partial charge on any atom is 0.472 e.